The molecule has 0 saturated carbocycles. The normalized spacial score (nSPS) is 11.0. The van der Waals surface area contributed by atoms with Crippen LogP contribution in [0.5, 0.6) is 0 Å². The van der Waals surface area contributed by atoms with Crippen LogP contribution >= 0.6 is 15.9 Å². The Labute approximate surface area is 132 Å². The minimum Gasteiger partial charge on any atom is -0.350 e. The first-order valence-corrected chi connectivity index (χ1v) is 7.64. The highest BCUT2D eigenvalue weighted by molar-refractivity contribution is 9.10. The van der Waals surface area contributed by atoms with Gasteiger partial charge in [-0.15, -0.1) is 0 Å². The van der Waals surface area contributed by atoms with Gasteiger partial charge in [-0.05, 0) is 37.1 Å². The van der Waals surface area contributed by atoms with E-state index in [-0.39, 0.29) is 5.78 Å². The first-order valence-electron chi connectivity index (χ1n) is 6.84. The van der Waals surface area contributed by atoms with Gasteiger partial charge in [0.05, 0.1) is 0 Å². The number of aryl methyl sites for hydroxylation is 2. The zero-order chi connectivity index (χ0) is 15.1. The van der Waals surface area contributed by atoms with Crippen LogP contribution in [0.1, 0.15) is 27.0 Å². The van der Waals surface area contributed by atoms with Gasteiger partial charge >= 0.3 is 0 Å². The smallest absolute Gasteiger partial charge is 0.195 e. The Morgan fingerprint density at radius 2 is 1.86 bits per heavy atom. The number of hydrogen-bond donors (Lipinski definition) is 0. The zero-order valence-electron chi connectivity index (χ0n) is 12.3. The molecule has 3 rings (SSSR count). The molecule has 2 nitrogen and oxygen atoms in total. The van der Waals surface area contributed by atoms with Gasteiger partial charge in [-0.1, -0.05) is 40.2 Å². The number of aromatic nitrogens is 1. The molecule has 0 aliphatic heterocycles. The molecular formula is C18H16BrNO. The van der Waals surface area contributed by atoms with Crippen LogP contribution in [0.2, 0.25) is 0 Å². The van der Waals surface area contributed by atoms with Crippen molar-refractivity contribution < 1.29 is 4.79 Å². The highest BCUT2D eigenvalue weighted by atomic mass is 79.9. The zero-order valence-corrected chi connectivity index (χ0v) is 13.9. The second kappa shape index (κ2) is 5.15. The molecular weight excluding hydrogens is 326 g/mol. The molecule has 0 spiro atoms. The number of nitrogens with zero attached hydrogens (tertiary/aromatic N) is 1. The number of carbonyl (C=O) groups excluding carboxylic acids is 1. The van der Waals surface area contributed by atoms with Crippen LogP contribution < -0.4 is 0 Å². The van der Waals surface area contributed by atoms with E-state index in [0.717, 1.165) is 32.1 Å². The van der Waals surface area contributed by atoms with Gasteiger partial charge in [-0.3, -0.25) is 4.79 Å². The van der Waals surface area contributed by atoms with Gasteiger partial charge in [0.15, 0.2) is 5.78 Å². The van der Waals surface area contributed by atoms with E-state index in [9.17, 15) is 4.79 Å². The van der Waals surface area contributed by atoms with E-state index in [2.05, 4.69) is 28.9 Å². The third-order valence-electron chi connectivity index (χ3n) is 3.90. The predicted octanol–water partition coefficient (Wildman–Crippen LogP) is 4.79. The average Bonchev–Trinajstić information content (AvgIpc) is 2.78. The first-order chi connectivity index (χ1) is 9.99. The Kier molecular flexibility index (Phi) is 3.46. The lowest BCUT2D eigenvalue weighted by Crippen LogP contribution is -2.03. The van der Waals surface area contributed by atoms with E-state index in [0.29, 0.717) is 0 Å². The molecule has 1 heterocycles. The quantitative estimate of drug-likeness (QED) is 0.614. The molecule has 0 N–H and O–H groups in total. The summed E-state index contributed by atoms with van der Waals surface area (Å²) in [6.07, 6.45) is 1.92. The summed E-state index contributed by atoms with van der Waals surface area (Å²) in [5.74, 6) is 0.0725. The van der Waals surface area contributed by atoms with Crippen LogP contribution in [0.4, 0.5) is 0 Å². The topological polar surface area (TPSA) is 22.0 Å². The molecule has 3 aromatic rings. The van der Waals surface area contributed by atoms with Crippen molar-refractivity contribution in [1.29, 1.82) is 0 Å². The fourth-order valence-electron chi connectivity index (χ4n) is 2.67. The highest BCUT2D eigenvalue weighted by Gasteiger charge is 2.18. The lowest BCUT2D eigenvalue weighted by molar-refractivity contribution is 0.103. The maximum atomic E-state index is 12.9. The van der Waals surface area contributed by atoms with Crippen molar-refractivity contribution in [2.24, 2.45) is 7.05 Å². The molecule has 0 aliphatic rings. The van der Waals surface area contributed by atoms with Crippen molar-refractivity contribution in [3.8, 4) is 0 Å². The first kappa shape index (κ1) is 14.1. The Balaban J connectivity index is 2.21. The van der Waals surface area contributed by atoms with Crippen LogP contribution in [0.15, 0.2) is 47.1 Å². The van der Waals surface area contributed by atoms with E-state index >= 15 is 0 Å². The van der Waals surface area contributed by atoms with Crippen molar-refractivity contribution in [2.45, 2.75) is 13.8 Å². The van der Waals surface area contributed by atoms with Gasteiger partial charge in [0.2, 0.25) is 0 Å². The van der Waals surface area contributed by atoms with Gasteiger partial charge in [-0.25, -0.2) is 0 Å². The summed E-state index contributed by atoms with van der Waals surface area (Å²) in [5.41, 5.74) is 4.77. The van der Waals surface area contributed by atoms with Crippen molar-refractivity contribution >= 4 is 32.6 Å². The minimum absolute atomic E-state index is 0.0725. The number of carbonyl (C=O) groups is 1. The van der Waals surface area contributed by atoms with Crippen LogP contribution in [0.25, 0.3) is 10.9 Å². The fraction of sp³-hybridized carbons (Fsp3) is 0.167. The molecule has 0 aliphatic carbocycles. The summed E-state index contributed by atoms with van der Waals surface area (Å²) in [6.45, 7) is 4.03. The van der Waals surface area contributed by atoms with Gasteiger partial charge in [0.1, 0.15) is 0 Å². The molecule has 0 saturated heterocycles. The highest BCUT2D eigenvalue weighted by Crippen LogP contribution is 2.27. The standard InChI is InChI=1S/C18H16BrNO/c1-11-7-8-14-15(10-20(3)17(14)9-11)18(21)13-5-4-6-16(19)12(13)2/h4-10H,1-3H3. The summed E-state index contributed by atoms with van der Waals surface area (Å²) in [4.78, 5) is 12.9. The Morgan fingerprint density at radius 3 is 2.62 bits per heavy atom. The fourth-order valence-corrected chi connectivity index (χ4v) is 3.04. The molecule has 0 bridgehead atoms. The molecule has 0 radical (unpaired) electrons. The van der Waals surface area contributed by atoms with Crippen molar-refractivity contribution in [3.63, 3.8) is 0 Å². The monoisotopic (exact) mass is 341 g/mol. The van der Waals surface area contributed by atoms with E-state index in [1.165, 1.54) is 5.56 Å². The maximum absolute atomic E-state index is 12.9. The van der Waals surface area contributed by atoms with Gasteiger partial charge < -0.3 is 4.57 Å². The van der Waals surface area contributed by atoms with Crippen molar-refractivity contribution in [1.82, 2.24) is 4.57 Å². The van der Waals surface area contributed by atoms with Crippen LogP contribution in [0.3, 0.4) is 0 Å². The molecule has 106 valence electrons. The van der Waals surface area contributed by atoms with Gasteiger partial charge in [0.25, 0.3) is 0 Å². The molecule has 0 unspecified atom stereocenters. The molecule has 0 amide bonds. The number of fused-ring (bicyclic) bond motifs is 1. The molecule has 1 aromatic heterocycles. The molecule has 2 aromatic carbocycles. The van der Waals surface area contributed by atoms with Crippen LogP contribution in [0, 0.1) is 13.8 Å². The number of ketones is 1. The second-order valence-corrected chi connectivity index (χ2v) is 6.27. The van der Waals surface area contributed by atoms with Crippen LogP contribution in [-0.4, -0.2) is 10.4 Å². The van der Waals surface area contributed by atoms with E-state index in [1.54, 1.807) is 0 Å². The minimum atomic E-state index is 0.0725. The summed E-state index contributed by atoms with van der Waals surface area (Å²) in [7, 11) is 1.98. The third kappa shape index (κ3) is 2.32. The van der Waals surface area contributed by atoms with E-state index in [4.69, 9.17) is 0 Å². The molecule has 0 fully saturated rings. The molecule has 3 heteroatoms. The largest absolute Gasteiger partial charge is 0.350 e. The number of rotatable bonds is 2. The van der Waals surface area contributed by atoms with Gasteiger partial charge in [0, 0.05) is 39.7 Å². The Morgan fingerprint density at radius 1 is 1.10 bits per heavy atom. The van der Waals surface area contributed by atoms with Crippen molar-refractivity contribution in [2.75, 3.05) is 0 Å². The number of hydrogen-bond acceptors (Lipinski definition) is 1. The average molecular weight is 342 g/mol. The lowest BCUT2D eigenvalue weighted by atomic mass is 9.98. The summed E-state index contributed by atoms with van der Waals surface area (Å²) < 4.78 is 2.98. The van der Waals surface area contributed by atoms with Crippen molar-refractivity contribution in [3.05, 3.63) is 69.3 Å². The van der Waals surface area contributed by atoms with Gasteiger partial charge in [-0.2, -0.15) is 0 Å². The SMILES string of the molecule is Cc1ccc2c(C(=O)c3cccc(Br)c3C)cn(C)c2c1. The summed E-state index contributed by atoms with van der Waals surface area (Å²) in [6, 6.07) is 11.9. The number of benzene rings is 2. The number of halogens is 1. The third-order valence-corrected chi connectivity index (χ3v) is 4.76. The summed E-state index contributed by atoms with van der Waals surface area (Å²) >= 11 is 3.49. The van der Waals surface area contributed by atoms with E-state index < -0.39 is 0 Å². The predicted molar refractivity (Wildman–Crippen MR) is 90.0 cm³/mol. The molecule has 21 heavy (non-hydrogen) atoms. The lowest BCUT2D eigenvalue weighted by Gasteiger charge is -2.06. The summed E-state index contributed by atoms with van der Waals surface area (Å²) in [5, 5.41) is 1.01. The molecule has 0 atom stereocenters. The van der Waals surface area contributed by atoms with E-state index in [1.807, 2.05) is 55.1 Å². The maximum Gasteiger partial charge on any atom is 0.195 e. The Hall–Kier alpha value is -1.87. The second-order valence-electron chi connectivity index (χ2n) is 5.42. The Bertz CT molecular complexity index is 861. The van der Waals surface area contributed by atoms with Crippen LogP contribution in [-0.2, 0) is 7.05 Å².